The van der Waals surface area contributed by atoms with Gasteiger partial charge in [0.2, 0.25) is 5.88 Å². The van der Waals surface area contributed by atoms with Crippen LogP contribution in [-0.2, 0) is 0 Å². The first-order valence-corrected chi connectivity index (χ1v) is 12.7. The second-order valence-corrected chi connectivity index (χ2v) is 10.1. The molecule has 1 atom stereocenters. The number of fused-ring (bicyclic) bond motifs is 6. The van der Waals surface area contributed by atoms with E-state index in [1.807, 2.05) is 36.4 Å². The molecule has 7 rings (SSSR count). The Morgan fingerprint density at radius 2 is 1.65 bits per heavy atom. The first-order chi connectivity index (χ1) is 18.0. The fourth-order valence-corrected chi connectivity index (χ4v) is 5.84. The Balaban J connectivity index is 1.59. The molecule has 0 saturated carbocycles. The molecule has 6 aromatic rings. The van der Waals surface area contributed by atoms with Crippen molar-refractivity contribution in [1.82, 2.24) is 19.6 Å². The molecule has 0 fully saturated rings. The number of rotatable bonds is 2. The number of hydrogen-bond acceptors (Lipinski definition) is 6. The molecule has 10 heteroatoms. The van der Waals surface area contributed by atoms with Crippen molar-refractivity contribution in [3.63, 3.8) is 0 Å². The van der Waals surface area contributed by atoms with Crippen molar-refractivity contribution in [2.24, 2.45) is 0 Å². The second-order valence-electron chi connectivity index (χ2n) is 8.45. The molecule has 0 saturated heterocycles. The van der Waals surface area contributed by atoms with Gasteiger partial charge >= 0.3 is 5.63 Å². The summed E-state index contributed by atoms with van der Waals surface area (Å²) in [7, 11) is 0. The van der Waals surface area contributed by atoms with Gasteiger partial charge in [-0.1, -0.05) is 69.5 Å². The van der Waals surface area contributed by atoms with E-state index < -0.39 is 11.5 Å². The largest absolute Gasteiger partial charge is 0.437 e. The Morgan fingerprint density at radius 3 is 2.46 bits per heavy atom. The minimum Gasteiger partial charge on any atom is -0.437 e. The van der Waals surface area contributed by atoms with Crippen LogP contribution in [0.25, 0.3) is 28.0 Å². The lowest BCUT2D eigenvalue weighted by Crippen LogP contribution is -2.22. The van der Waals surface area contributed by atoms with Crippen molar-refractivity contribution < 1.29 is 9.15 Å². The van der Waals surface area contributed by atoms with Crippen LogP contribution in [0, 0.1) is 0 Å². The molecule has 3 aromatic heterocycles. The topological polar surface area (TPSA) is 82.5 Å². The first-order valence-electron chi connectivity index (χ1n) is 11.2. The van der Waals surface area contributed by atoms with Crippen LogP contribution >= 0.6 is 39.1 Å². The zero-order valence-corrected chi connectivity index (χ0v) is 21.8. The summed E-state index contributed by atoms with van der Waals surface area (Å²) in [5.74, 6) is 0.335. The molecule has 37 heavy (non-hydrogen) atoms. The van der Waals surface area contributed by atoms with Crippen LogP contribution < -0.4 is 10.4 Å². The van der Waals surface area contributed by atoms with E-state index in [1.54, 1.807) is 34.8 Å². The monoisotopic (exact) mass is 590 g/mol. The van der Waals surface area contributed by atoms with Gasteiger partial charge in [0.25, 0.3) is 0 Å². The van der Waals surface area contributed by atoms with Crippen LogP contribution in [-0.4, -0.2) is 19.6 Å². The highest BCUT2D eigenvalue weighted by molar-refractivity contribution is 9.10. The average molecular weight is 592 g/mol. The van der Waals surface area contributed by atoms with Gasteiger partial charge < -0.3 is 9.15 Å². The smallest absolute Gasteiger partial charge is 0.344 e. The van der Waals surface area contributed by atoms with Gasteiger partial charge in [-0.25, -0.2) is 19.3 Å². The highest BCUT2D eigenvalue weighted by Crippen LogP contribution is 2.51. The summed E-state index contributed by atoms with van der Waals surface area (Å²) in [5.41, 5.74) is 2.40. The van der Waals surface area contributed by atoms with Crippen molar-refractivity contribution in [3.05, 3.63) is 115 Å². The second kappa shape index (κ2) is 8.41. The quantitative estimate of drug-likeness (QED) is 0.197. The van der Waals surface area contributed by atoms with E-state index in [1.165, 1.54) is 6.33 Å². The highest BCUT2D eigenvalue weighted by Gasteiger charge is 2.39. The summed E-state index contributed by atoms with van der Waals surface area (Å²) >= 11 is 17.0. The normalized spacial score (nSPS) is 14.4. The summed E-state index contributed by atoms with van der Waals surface area (Å²) < 4.78 is 14.4. The van der Waals surface area contributed by atoms with Crippen LogP contribution in [0.2, 0.25) is 10.0 Å². The first kappa shape index (κ1) is 22.5. The van der Waals surface area contributed by atoms with Gasteiger partial charge in [-0.3, -0.25) is 0 Å². The lowest BCUT2D eigenvalue weighted by molar-refractivity contribution is 0.422. The van der Waals surface area contributed by atoms with Crippen molar-refractivity contribution >= 4 is 55.7 Å². The Bertz CT molecular complexity index is 1930. The van der Waals surface area contributed by atoms with Gasteiger partial charge in [0, 0.05) is 25.6 Å². The third-order valence-corrected chi connectivity index (χ3v) is 7.72. The average Bonchev–Trinajstić information content (AvgIpc) is 3.33. The van der Waals surface area contributed by atoms with Gasteiger partial charge in [-0.2, -0.15) is 0 Å². The van der Waals surface area contributed by atoms with Crippen LogP contribution in [0.5, 0.6) is 11.6 Å². The number of benzene rings is 3. The zero-order chi connectivity index (χ0) is 25.3. The van der Waals surface area contributed by atoms with Crippen LogP contribution in [0.3, 0.4) is 0 Å². The number of ether oxygens (including phenoxy) is 1. The van der Waals surface area contributed by atoms with Crippen molar-refractivity contribution in [3.8, 4) is 23.0 Å². The van der Waals surface area contributed by atoms with E-state index in [-0.39, 0.29) is 11.4 Å². The molecule has 0 N–H and O–H groups in total. The maximum Gasteiger partial charge on any atom is 0.344 e. The van der Waals surface area contributed by atoms with Gasteiger partial charge in [0.1, 0.15) is 11.9 Å². The minimum absolute atomic E-state index is 0.265. The molecular weight excluding hydrogens is 579 g/mol. The number of aromatic nitrogens is 4. The Kier molecular flexibility index (Phi) is 5.11. The van der Waals surface area contributed by atoms with E-state index in [2.05, 4.69) is 26.0 Å². The molecule has 0 aliphatic carbocycles. The molecule has 0 amide bonds. The van der Waals surface area contributed by atoms with Crippen LogP contribution in [0.15, 0.2) is 86.7 Å². The van der Waals surface area contributed by atoms with E-state index in [0.29, 0.717) is 49.4 Å². The summed E-state index contributed by atoms with van der Waals surface area (Å²) in [6.07, 6.45) is 1.53. The van der Waals surface area contributed by atoms with Gasteiger partial charge in [-0.05, 0) is 36.4 Å². The molecule has 0 bridgehead atoms. The van der Waals surface area contributed by atoms with Crippen LogP contribution in [0.4, 0.5) is 0 Å². The summed E-state index contributed by atoms with van der Waals surface area (Å²) in [6, 6.07) is 20.0. The molecule has 4 heterocycles. The van der Waals surface area contributed by atoms with Gasteiger partial charge in [0.15, 0.2) is 17.2 Å². The Labute approximate surface area is 227 Å². The fraction of sp³-hybridized carbons (Fsp3) is 0.0370. The van der Waals surface area contributed by atoms with E-state index in [0.717, 1.165) is 10.0 Å². The Hall–Kier alpha value is -3.72. The lowest BCUT2D eigenvalue weighted by Gasteiger charge is -2.28. The van der Waals surface area contributed by atoms with E-state index in [9.17, 15) is 4.79 Å². The van der Waals surface area contributed by atoms with E-state index in [4.69, 9.17) is 37.3 Å². The Morgan fingerprint density at radius 1 is 0.892 bits per heavy atom. The van der Waals surface area contributed by atoms with Crippen LogP contribution in [0.1, 0.15) is 22.6 Å². The number of hydrogen-bond donors (Lipinski definition) is 0. The molecular formula is C27H13BrCl2N4O3. The number of halogens is 3. The third-order valence-electron chi connectivity index (χ3n) is 6.37. The molecule has 0 radical (unpaired) electrons. The molecule has 180 valence electrons. The maximum atomic E-state index is 13.5. The van der Waals surface area contributed by atoms with Crippen molar-refractivity contribution in [2.45, 2.75) is 5.92 Å². The summed E-state index contributed by atoms with van der Waals surface area (Å²) in [4.78, 5) is 22.9. The van der Waals surface area contributed by atoms with Crippen molar-refractivity contribution in [2.75, 3.05) is 0 Å². The zero-order valence-electron chi connectivity index (χ0n) is 18.7. The SMILES string of the molecule is O=c1oc2ccccc2c2c1C(c1c(Cl)cccc1Cl)c1c(ncn3nc(-c4ccccc4Br)nc13)O2. The van der Waals surface area contributed by atoms with Crippen molar-refractivity contribution in [1.29, 1.82) is 0 Å². The molecule has 1 aliphatic heterocycles. The molecule has 1 unspecified atom stereocenters. The standard InChI is InChI=1S/C27H13BrCl2N4O3/c28-15-8-3-1-6-13(15)24-32-25-22-20(19-16(29)9-5-10-17(19)30)21-23(37-26(22)31-12-34(25)33-24)14-7-2-4-11-18(14)36-27(21)35/h1-12,20H. The molecule has 1 aliphatic rings. The number of nitrogens with zero attached hydrogens (tertiary/aromatic N) is 4. The van der Waals surface area contributed by atoms with Gasteiger partial charge in [-0.15, -0.1) is 5.10 Å². The highest BCUT2D eigenvalue weighted by atomic mass is 79.9. The summed E-state index contributed by atoms with van der Waals surface area (Å²) in [5, 5.41) is 6.05. The van der Waals surface area contributed by atoms with E-state index >= 15 is 0 Å². The minimum atomic E-state index is -0.770. The molecule has 3 aromatic carbocycles. The predicted molar refractivity (Wildman–Crippen MR) is 144 cm³/mol. The summed E-state index contributed by atoms with van der Waals surface area (Å²) in [6.45, 7) is 0. The molecule has 7 nitrogen and oxygen atoms in total. The maximum absolute atomic E-state index is 13.5. The predicted octanol–water partition coefficient (Wildman–Crippen LogP) is 7.25. The van der Waals surface area contributed by atoms with Gasteiger partial charge in [0.05, 0.1) is 22.4 Å². The lowest BCUT2D eigenvalue weighted by atomic mass is 9.84. The third kappa shape index (κ3) is 3.40. The molecule has 0 spiro atoms. The fourth-order valence-electron chi connectivity index (χ4n) is 4.76. The number of para-hydroxylation sites is 1.